The van der Waals surface area contributed by atoms with Crippen LogP contribution < -0.4 is 9.64 Å². The van der Waals surface area contributed by atoms with Crippen LogP contribution in [0.2, 0.25) is 0 Å². The van der Waals surface area contributed by atoms with Crippen molar-refractivity contribution < 1.29 is 14.6 Å². The Morgan fingerprint density at radius 3 is 2.70 bits per heavy atom. The first-order valence-electron chi connectivity index (χ1n) is 14.2. The van der Waals surface area contributed by atoms with E-state index in [1.807, 2.05) is 29.3 Å². The molecule has 1 N–H and O–H groups in total. The number of hydrogen-bond acceptors (Lipinski definition) is 7. The van der Waals surface area contributed by atoms with E-state index in [0.29, 0.717) is 6.54 Å². The minimum absolute atomic E-state index is 0.0130. The number of piperidine rings is 1. The van der Waals surface area contributed by atoms with Crippen LogP contribution in [0.5, 0.6) is 5.75 Å². The van der Waals surface area contributed by atoms with Gasteiger partial charge in [-0.1, -0.05) is 30.3 Å². The summed E-state index contributed by atoms with van der Waals surface area (Å²) in [7, 11) is 0. The highest BCUT2D eigenvalue weighted by molar-refractivity contribution is 7.17. The Morgan fingerprint density at radius 2 is 1.88 bits per heavy atom. The van der Waals surface area contributed by atoms with E-state index >= 15 is 0 Å². The van der Waals surface area contributed by atoms with Crippen molar-refractivity contribution in [2.45, 2.75) is 19.4 Å². The molecular formula is C32H36N4O3S. The zero-order valence-corrected chi connectivity index (χ0v) is 23.6. The van der Waals surface area contributed by atoms with Gasteiger partial charge in [-0.25, -0.2) is 4.98 Å². The summed E-state index contributed by atoms with van der Waals surface area (Å²) in [5.41, 5.74) is 3.49. The van der Waals surface area contributed by atoms with Crippen molar-refractivity contribution in [2.75, 3.05) is 57.4 Å². The van der Waals surface area contributed by atoms with Crippen molar-refractivity contribution in [1.82, 2.24) is 14.8 Å². The molecule has 0 bridgehead atoms. The van der Waals surface area contributed by atoms with E-state index in [2.05, 4.69) is 62.6 Å². The number of aliphatic hydroxyl groups is 1. The highest BCUT2D eigenvalue weighted by Crippen LogP contribution is 2.36. The number of carbonyl (C=O) groups excluding carboxylic acids is 1. The predicted octanol–water partition coefficient (Wildman–Crippen LogP) is 4.90. The number of likely N-dealkylation sites (tertiary alicyclic amines) is 1. The van der Waals surface area contributed by atoms with Crippen molar-refractivity contribution in [3.8, 4) is 16.9 Å². The molecule has 4 aromatic rings. The number of piperazine rings is 1. The van der Waals surface area contributed by atoms with Gasteiger partial charge in [-0.15, -0.1) is 11.3 Å². The van der Waals surface area contributed by atoms with Gasteiger partial charge in [0.25, 0.3) is 5.91 Å². The number of benzene rings is 2. The van der Waals surface area contributed by atoms with Gasteiger partial charge >= 0.3 is 0 Å². The summed E-state index contributed by atoms with van der Waals surface area (Å²) in [6.45, 7) is 5.93. The lowest BCUT2D eigenvalue weighted by molar-refractivity contribution is -0.135. The third kappa shape index (κ3) is 5.99. The second kappa shape index (κ2) is 12.4. The Morgan fingerprint density at radius 1 is 1.02 bits per heavy atom. The second-order valence-corrected chi connectivity index (χ2v) is 11.6. The van der Waals surface area contributed by atoms with Crippen LogP contribution in [0.1, 0.15) is 18.4 Å². The molecule has 1 unspecified atom stereocenters. The molecule has 2 aromatic carbocycles. The van der Waals surface area contributed by atoms with Crippen LogP contribution in [0.25, 0.3) is 21.2 Å². The monoisotopic (exact) mass is 556 g/mol. The lowest BCUT2D eigenvalue weighted by Crippen LogP contribution is -2.46. The number of carbonyl (C=O) groups is 1. The quantitative estimate of drug-likeness (QED) is 0.333. The van der Waals surface area contributed by atoms with Crippen LogP contribution in [0.3, 0.4) is 0 Å². The van der Waals surface area contributed by atoms with Crippen LogP contribution in [0, 0.1) is 5.92 Å². The van der Waals surface area contributed by atoms with Crippen LogP contribution in [-0.2, 0) is 11.3 Å². The lowest BCUT2D eigenvalue weighted by atomic mass is 9.99. The number of pyridine rings is 1. The van der Waals surface area contributed by atoms with E-state index in [9.17, 15) is 9.90 Å². The maximum Gasteiger partial charge on any atom is 0.260 e. The second-order valence-electron chi connectivity index (χ2n) is 10.7. The summed E-state index contributed by atoms with van der Waals surface area (Å²) < 4.78 is 7.49. The fourth-order valence-electron chi connectivity index (χ4n) is 5.80. The van der Waals surface area contributed by atoms with Gasteiger partial charge in [-0.05, 0) is 60.0 Å². The van der Waals surface area contributed by atoms with E-state index in [0.717, 1.165) is 69.2 Å². The molecule has 0 radical (unpaired) electrons. The van der Waals surface area contributed by atoms with Gasteiger partial charge in [-0.2, -0.15) is 0 Å². The molecule has 2 aliphatic rings. The van der Waals surface area contributed by atoms with Gasteiger partial charge in [0, 0.05) is 79.8 Å². The Labute approximate surface area is 239 Å². The van der Waals surface area contributed by atoms with Crippen molar-refractivity contribution in [2.24, 2.45) is 5.92 Å². The number of anilines is 1. The van der Waals surface area contributed by atoms with Crippen LogP contribution in [-0.4, -0.2) is 78.3 Å². The molecule has 2 fully saturated rings. The summed E-state index contributed by atoms with van der Waals surface area (Å²) in [6.07, 6.45) is 3.74. The number of fused-ring (bicyclic) bond motifs is 1. The van der Waals surface area contributed by atoms with Gasteiger partial charge in [0.05, 0.1) is 0 Å². The van der Waals surface area contributed by atoms with Gasteiger partial charge in [0.1, 0.15) is 11.6 Å². The molecule has 7 nitrogen and oxygen atoms in total. The highest BCUT2D eigenvalue weighted by atomic mass is 32.1. The van der Waals surface area contributed by atoms with Gasteiger partial charge < -0.3 is 19.6 Å². The normalized spacial score (nSPS) is 18.3. The van der Waals surface area contributed by atoms with Crippen LogP contribution >= 0.6 is 11.3 Å². The number of thiophene rings is 1. The lowest BCUT2D eigenvalue weighted by Gasteiger charge is -2.35. The first kappa shape index (κ1) is 26.7. The fraction of sp³-hybridized carbons (Fsp3) is 0.375. The molecule has 6 rings (SSSR count). The molecule has 4 heterocycles. The van der Waals surface area contributed by atoms with Gasteiger partial charge in [0.15, 0.2) is 6.61 Å². The van der Waals surface area contributed by atoms with E-state index in [4.69, 9.17) is 4.74 Å². The van der Waals surface area contributed by atoms with Crippen molar-refractivity contribution in [1.29, 1.82) is 0 Å². The Balaban J connectivity index is 1.20. The van der Waals surface area contributed by atoms with E-state index in [1.54, 1.807) is 11.3 Å². The molecule has 0 aliphatic carbocycles. The first-order chi connectivity index (χ1) is 19.7. The Hall–Kier alpha value is -3.46. The molecule has 1 amide bonds. The SMILES string of the molecule is O=C(COc1ccc(-c2csc3ccccc23)cc1CN1CCN(c2ccccn2)CC1)N1CCCC(CO)C1. The van der Waals surface area contributed by atoms with Gasteiger partial charge in [-0.3, -0.25) is 9.69 Å². The smallest absolute Gasteiger partial charge is 0.260 e. The summed E-state index contributed by atoms with van der Waals surface area (Å²) in [4.78, 5) is 24.1. The number of amides is 1. The van der Waals surface area contributed by atoms with Crippen molar-refractivity contribution in [3.05, 3.63) is 77.8 Å². The van der Waals surface area contributed by atoms with E-state index < -0.39 is 0 Å². The number of rotatable bonds is 8. The van der Waals surface area contributed by atoms with Crippen molar-refractivity contribution >= 4 is 33.1 Å². The van der Waals surface area contributed by atoms with Crippen molar-refractivity contribution in [3.63, 3.8) is 0 Å². The van der Waals surface area contributed by atoms with Crippen LogP contribution in [0.15, 0.2) is 72.2 Å². The molecule has 2 aliphatic heterocycles. The molecule has 2 aromatic heterocycles. The third-order valence-electron chi connectivity index (χ3n) is 8.07. The minimum atomic E-state index is -0.0130. The molecule has 2 saturated heterocycles. The summed E-state index contributed by atoms with van der Waals surface area (Å²) >= 11 is 1.76. The highest BCUT2D eigenvalue weighted by Gasteiger charge is 2.24. The minimum Gasteiger partial charge on any atom is -0.483 e. The summed E-state index contributed by atoms with van der Waals surface area (Å²) in [5.74, 6) is 1.94. The fourth-order valence-corrected chi connectivity index (χ4v) is 6.77. The van der Waals surface area contributed by atoms with Crippen LogP contribution in [0.4, 0.5) is 5.82 Å². The molecular weight excluding hydrogens is 520 g/mol. The van der Waals surface area contributed by atoms with E-state index in [1.165, 1.54) is 21.2 Å². The predicted molar refractivity (Wildman–Crippen MR) is 161 cm³/mol. The molecule has 0 spiro atoms. The largest absolute Gasteiger partial charge is 0.483 e. The third-order valence-corrected chi connectivity index (χ3v) is 9.04. The van der Waals surface area contributed by atoms with E-state index in [-0.39, 0.29) is 25.0 Å². The average molecular weight is 557 g/mol. The maximum atomic E-state index is 13.0. The number of ether oxygens (including phenoxy) is 1. The molecule has 0 saturated carbocycles. The zero-order chi connectivity index (χ0) is 27.3. The summed E-state index contributed by atoms with van der Waals surface area (Å²) in [5, 5.41) is 13.1. The number of hydrogen-bond donors (Lipinski definition) is 1. The Bertz CT molecular complexity index is 1430. The first-order valence-corrected chi connectivity index (χ1v) is 15.0. The maximum absolute atomic E-state index is 13.0. The summed E-state index contributed by atoms with van der Waals surface area (Å²) in [6, 6.07) is 20.9. The number of aliphatic hydroxyl groups excluding tert-OH is 1. The number of aromatic nitrogens is 1. The number of nitrogens with zero attached hydrogens (tertiary/aromatic N) is 4. The molecule has 8 heteroatoms. The average Bonchev–Trinajstić information content (AvgIpc) is 3.45. The molecule has 40 heavy (non-hydrogen) atoms. The topological polar surface area (TPSA) is 69.1 Å². The zero-order valence-electron chi connectivity index (χ0n) is 22.7. The molecule has 208 valence electrons. The molecule has 1 atom stereocenters. The van der Waals surface area contributed by atoms with Gasteiger partial charge in [0.2, 0.25) is 0 Å². The standard InChI is InChI=1S/C32H36N4O3S/c37-21-24-6-5-13-36(19-24)32(38)22-39-29-11-10-25(28-23-40-30-8-2-1-7-27(28)30)18-26(29)20-34-14-16-35(17-15-34)31-9-3-4-12-33-31/h1-4,7-12,18,23-24,37H,5-6,13-17,19-22H2. The Kier molecular flexibility index (Phi) is 8.27.